The molecule has 3 aliphatic carbocycles. The van der Waals surface area contributed by atoms with E-state index in [2.05, 4.69) is 0 Å². The minimum Gasteiger partial charge on any atom is -0.460 e. The summed E-state index contributed by atoms with van der Waals surface area (Å²) in [6.07, 6.45) is -2.53. The minimum absolute atomic E-state index is 0.0644. The van der Waals surface area contributed by atoms with E-state index >= 15 is 0 Å². The number of hydrogen-bond donors (Lipinski definition) is 2. The highest BCUT2D eigenvalue weighted by molar-refractivity contribution is 7.94. The van der Waals surface area contributed by atoms with Crippen molar-refractivity contribution in [3.8, 4) is 0 Å². The Morgan fingerprint density at radius 1 is 1.28 bits per heavy atom. The highest BCUT2D eigenvalue weighted by atomic mass is 32.2. The molecule has 2 bridgehead atoms. The molecule has 0 unspecified atom stereocenters. The Labute approximate surface area is 199 Å². The number of allylic oxidation sites excluding steroid dienone is 1. The third-order valence-corrected chi connectivity index (χ3v) is 9.65. The molecule has 1 spiro atoms. The van der Waals surface area contributed by atoms with Gasteiger partial charge < -0.3 is 23.9 Å². The van der Waals surface area contributed by atoms with E-state index < -0.39 is 64.8 Å². The van der Waals surface area contributed by atoms with Crippen molar-refractivity contribution in [2.45, 2.75) is 57.4 Å². The zero-order chi connectivity index (χ0) is 24.6. The quantitative estimate of drug-likeness (QED) is 0.446. The highest BCUT2D eigenvalue weighted by Gasteiger charge is 2.84. The number of aliphatic hydroxyl groups excluding tert-OH is 2. The van der Waals surface area contributed by atoms with Crippen LogP contribution in [0.1, 0.15) is 29.9 Å². The van der Waals surface area contributed by atoms with Crippen LogP contribution in [-0.2, 0) is 27.4 Å². The van der Waals surface area contributed by atoms with Gasteiger partial charge in [-0.05, 0) is 55.3 Å². The van der Waals surface area contributed by atoms with Crippen LogP contribution in [0, 0.1) is 34.5 Å². The first kappa shape index (κ1) is 20.7. The molecule has 178 valence electrons. The van der Waals surface area contributed by atoms with E-state index in [1.54, 1.807) is 13.0 Å². The summed E-state index contributed by atoms with van der Waals surface area (Å²) in [4.78, 5) is 26.0. The van der Waals surface area contributed by atoms with Gasteiger partial charge in [0.1, 0.15) is 18.3 Å². The van der Waals surface area contributed by atoms with Crippen molar-refractivity contribution >= 4 is 35.8 Å². The van der Waals surface area contributed by atoms with E-state index in [-0.39, 0.29) is 30.8 Å². The third-order valence-electron chi connectivity index (χ3n) is 8.94. The largest absolute Gasteiger partial charge is 0.460 e. The maximum absolute atomic E-state index is 13.3. The molecule has 2 N–H and O–H groups in total. The Morgan fingerprint density at radius 3 is 2.75 bits per heavy atom. The van der Waals surface area contributed by atoms with Gasteiger partial charge in [-0.1, -0.05) is 19.4 Å². The number of hydrogen-bond acceptors (Lipinski definition) is 10. The van der Waals surface area contributed by atoms with Crippen LogP contribution in [0.4, 0.5) is 0 Å². The maximum atomic E-state index is 13.3. The molecule has 0 aromatic heterocycles. The molecule has 0 radical (unpaired) electrons. The lowest BCUT2D eigenvalue weighted by molar-refractivity contribution is -0.325. The van der Waals surface area contributed by atoms with Crippen LogP contribution >= 0.6 is 24.1 Å². The summed E-state index contributed by atoms with van der Waals surface area (Å²) in [5.41, 5.74) is -1.07. The minimum atomic E-state index is -1.60. The van der Waals surface area contributed by atoms with Gasteiger partial charge in [0, 0.05) is 37.9 Å². The second-order valence-electron chi connectivity index (χ2n) is 10.00. The number of carbonyl (C=O) groups is 2. The Balaban J connectivity index is 1.76. The molecule has 0 aromatic carbocycles. The zero-order valence-electron chi connectivity index (χ0n) is 20.2. The maximum Gasteiger partial charge on any atom is 0.335 e. The Hall–Kier alpha value is -0.620. The molecule has 4 fully saturated rings. The SMILES string of the molecule is [3H]CSO[C@@H]1C(=O)C=C(C)[C@@H]2C[C@H]3OC(=O)[C@H](O)[C@H]4[C@@H](C)[C@@H](O)[C@]5(OSC[3H])OC[C@@]43[C@H]5[C@@]12C. The van der Waals surface area contributed by atoms with Gasteiger partial charge >= 0.3 is 5.97 Å². The molecule has 5 rings (SSSR count). The molecule has 10 heteroatoms. The smallest absolute Gasteiger partial charge is 0.335 e. The fraction of sp³-hybridized carbons (Fsp3) is 0.818. The van der Waals surface area contributed by atoms with Crippen LogP contribution < -0.4 is 0 Å². The molecule has 2 saturated heterocycles. The van der Waals surface area contributed by atoms with E-state index in [1.807, 2.05) is 13.8 Å². The van der Waals surface area contributed by atoms with E-state index in [9.17, 15) is 19.8 Å². The fourth-order valence-corrected chi connectivity index (χ4v) is 8.88. The molecule has 5 aliphatic rings. The van der Waals surface area contributed by atoms with Crippen LogP contribution in [0.3, 0.4) is 0 Å². The molecule has 0 amide bonds. The van der Waals surface area contributed by atoms with Gasteiger partial charge in [-0.2, -0.15) is 0 Å². The molecule has 32 heavy (non-hydrogen) atoms. The van der Waals surface area contributed by atoms with E-state index in [1.165, 1.54) is 0 Å². The predicted molar refractivity (Wildman–Crippen MR) is 117 cm³/mol. The van der Waals surface area contributed by atoms with Gasteiger partial charge in [0.05, 0.1) is 6.61 Å². The lowest BCUT2D eigenvalue weighted by atomic mass is 9.38. The average molecular weight is 491 g/mol. The van der Waals surface area contributed by atoms with E-state index in [0.717, 1.165) is 29.7 Å². The molecular formula is C22H30O8S2. The lowest BCUT2D eigenvalue weighted by Gasteiger charge is -2.68. The van der Waals surface area contributed by atoms with Crippen molar-refractivity contribution < 1.29 is 40.4 Å². The Bertz CT molecular complexity index is 921. The number of fused-ring (bicyclic) bond motifs is 1. The van der Waals surface area contributed by atoms with Gasteiger partial charge in [0.2, 0.25) is 5.79 Å². The monoisotopic (exact) mass is 490 g/mol. The third kappa shape index (κ3) is 2.50. The van der Waals surface area contributed by atoms with Crippen LogP contribution in [0.25, 0.3) is 0 Å². The molecule has 2 aliphatic heterocycles. The zero-order valence-corrected chi connectivity index (χ0v) is 19.8. The Morgan fingerprint density at radius 2 is 2.03 bits per heavy atom. The summed E-state index contributed by atoms with van der Waals surface area (Å²) >= 11 is 1.72. The average Bonchev–Trinajstić information content (AvgIpc) is 3.11. The molecule has 11 atom stereocenters. The number of esters is 1. The molecule has 0 aromatic rings. The van der Waals surface area contributed by atoms with Crippen LogP contribution in [0.15, 0.2) is 11.6 Å². The van der Waals surface area contributed by atoms with Gasteiger partial charge in [0.15, 0.2) is 11.9 Å². The molecular weight excluding hydrogens is 456 g/mol. The van der Waals surface area contributed by atoms with E-state index in [0.29, 0.717) is 6.42 Å². The summed E-state index contributed by atoms with van der Waals surface area (Å²) in [6.45, 7) is 5.61. The number of aliphatic hydroxyl groups is 2. The summed E-state index contributed by atoms with van der Waals surface area (Å²) in [6, 6.07) is 0. The fourth-order valence-electron chi connectivity index (χ4n) is 8.02. The Kier molecular flexibility index (Phi) is 4.82. The first-order valence-corrected chi connectivity index (χ1v) is 12.5. The predicted octanol–water partition coefficient (Wildman–Crippen LogP) is 1.74. The summed E-state index contributed by atoms with van der Waals surface area (Å²) in [5, 5.41) is 22.7. The first-order chi connectivity index (χ1) is 16.1. The standard InChI is InChI=1S/C22H30O8S2/c1-9-6-12(23)17(29-31-4)20(3)11(9)7-13-21-8-27-22(19(20)21,30-32-5)16(25)10(2)14(21)15(24)18(26)28-13/h6,10-11,13-17,19,24-25H,7-8H2,1-5H3/t10-,11+,13-,14-,15-,16-,17-,19-,20-,21+,22-/m1/s1/i4T,5T. The normalized spacial score (nSPS) is 54.7. The van der Waals surface area contributed by atoms with E-state index in [4.69, 9.17) is 20.6 Å². The van der Waals surface area contributed by atoms with Gasteiger partial charge in [-0.3, -0.25) is 8.98 Å². The van der Waals surface area contributed by atoms with Crippen molar-refractivity contribution in [1.82, 2.24) is 0 Å². The number of ketones is 1. The topological polar surface area (TPSA) is 112 Å². The van der Waals surface area contributed by atoms with Crippen molar-refractivity contribution in [1.29, 1.82) is 0 Å². The first-order valence-electron chi connectivity index (χ1n) is 12.1. The molecule has 2 heterocycles. The number of carbonyl (C=O) groups excluding carboxylic acids is 2. The van der Waals surface area contributed by atoms with Gasteiger partial charge in [-0.15, -0.1) is 0 Å². The molecule has 8 nitrogen and oxygen atoms in total. The lowest BCUT2D eigenvalue weighted by Crippen LogP contribution is -2.78. The summed E-state index contributed by atoms with van der Waals surface area (Å²) in [5.74, 6) is -4.77. The van der Waals surface area contributed by atoms with Crippen molar-refractivity contribution in [3.05, 3.63) is 11.6 Å². The van der Waals surface area contributed by atoms with Gasteiger partial charge in [-0.25, -0.2) is 4.79 Å². The van der Waals surface area contributed by atoms with Crippen molar-refractivity contribution in [3.63, 3.8) is 0 Å². The second-order valence-corrected chi connectivity index (χ2v) is 10.8. The van der Waals surface area contributed by atoms with Crippen LogP contribution in [0.5, 0.6) is 0 Å². The summed E-state index contributed by atoms with van der Waals surface area (Å²) < 4.78 is 39.4. The second kappa shape index (κ2) is 7.44. The van der Waals surface area contributed by atoms with Crippen molar-refractivity contribution in [2.24, 2.45) is 34.5 Å². The van der Waals surface area contributed by atoms with Crippen LogP contribution in [-0.4, -0.2) is 71.2 Å². The van der Waals surface area contributed by atoms with Crippen LogP contribution in [0.2, 0.25) is 0 Å². The van der Waals surface area contributed by atoms with Crippen molar-refractivity contribution in [2.75, 3.05) is 19.1 Å². The number of ether oxygens (including phenoxy) is 2. The molecule has 2 saturated carbocycles. The number of rotatable bonds is 4. The highest BCUT2D eigenvalue weighted by Crippen LogP contribution is 2.75. The summed E-state index contributed by atoms with van der Waals surface area (Å²) in [7, 11) is 0. The van der Waals surface area contributed by atoms with Gasteiger partial charge in [0.25, 0.3) is 0 Å².